The van der Waals surface area contributed by atoms with Crippen LogP contribution in [0.2, 0.25) is 0 Å². The smallest absolute Gasteiger partial charge is 0.356 e. The quantitative estimate of drug-likeness (QED) is 0.664. The van der Waals surface area contributed by atoms with Gasteiger partial charge < -0.3 is 4.74 Å². The molecule has 0 saturated heterocycles. The molecule has 0 aromatic carbocycles. The molecular formula is C10H14N2O2. The highest BCUT2D eigenvalue weighted by Crippen LogP contribution is 2.25. The van der Waals surface area contributed by atoms with Crippen LogP contribution in [0.1, 0.15) is 35.1 Å². The van der Waals surface area contributed by atoms with Gasteiger partial charge in [0.25, 0.3) is 0 Å². The Kier molecular flexibility index (Phi) is 2.27. The number of methoxy groups -OCH3 is 1. The summed E-state index contributed by atoms with van der Waals surface area (Å²) in [6, 6.07) is 0. The molecule has 0 aliphatic heterocycles. The maximum Gasteiger partial charge on any atom is 0.356 e. The fourth-order valence-electron chi connectivity index (χ4n) is 2.00. The third-order valence-electron chi connectivity index (χ3n) is 2.65. The summed E-state index contributed by atoms with van der Waals surface area (Å²) in [5.74, 6) is -0.262. The fraction of sp³-hybridized carbons (Fsp3) is 0.600. The Morgan fingerprint density at radius 2 is 2.36 bits per heavy atom. The van der Waals surface area contributed by atoms with E-state index >= 15 is 0 Å². The molecule has 1 heterocycles. The second-order valence-corrected chi connectivity index (χ2v) is 3.43. The Morgan fingerprint density at radius 3 is 3.00 bits per heavy atom. The molecule has 0 amide bonds. The number of esters is 1. The normalized spacial score (nSPS) is 14.1. The van der Waals surface area contributed by atoms with E-state index in [-0.39, 0.29) is 5.97 Å². The molecular weight excluding hydrogens is 180 g/mol. The lowest BCUT2D eigenvalue weighted by atomic mass is 10.2. The summed E-state index contributed by atoms with van der Waals surface area (Å²) < 4.78 is 6.51. The van der Waals surface area contributed by atoms with E-state index in [2.05, 4.69) is 5.10 Å². The molecule has 0 spiro atoms. The van der Waals surface area contributed by atoms with Crippen LogP contribution in [-0.4, -0.2) is 22.9 Å². The van der Waals surface area contributed by atoms with Crippen LogP contribution >= 0.6 is 0 Å². The molecule has 4 nitrogen and oxygen atoms in total. The molecule has 1 aliphatic carbocycles. The number of hydrogen-bond donors (Lipinski definition) is 0. The highest BCUT2D eigenvalue weighted by Gasteiger charge is 2.26. The van der Waals surface area contributed by atoms with Crippen molar-refractivity contribution >= 4 is 5.97 Å². The van der Waals surface area contributed by atoms with Gasteiger partial charge in [0.05, 0.1) is 12.8 Å². The van der Waals surface area contributed by atoms with Crippen LogP contribution in [0.25, 0.3) is 0 Å². The fourth-order valence-corrected chi connectivity index (χ4v) is 2.00. The zero-order valence-corrected chi connectivity index (χ0v) is 8.54. The maximum absolute atomic E-state index is 11.5. The molecule has 0 unspecified atom stereocenters. The lowest BCUT2D eigenvalue weighted by Gasteiger charge is -2.04. The van der Waals surface area contributed by atoms with Crippen LogP contribution in [0.4, 0.5) is 0 Å². The van der Waals surface area contributed by atoms with Crippen molar-refractivity contribution in [3.8, 4) is 0 Å². The molecule has 4 heteroatoms. The van der Waals surface area contributed by atoms with E-state index < -0.39 is 0 Å². The Morgan fingerprint density at radius 1 is 1.57 bits per heavy atom. The van der Waals surface area contributed by atoms with Gasteiger partial charge in [0, 0.05) is 12.1 Å². The van der Waals surface area contributed by atoms with Crippen molar-refractivity contribution < 1.29 is 9.53 Å². The summed E-state index contributed by atoms with van der Waals surface area (Å²) in [7, 11) is 1.41. The lowest BCUT2D eigenvalue weighted by Crippen LogP contribution is -2.12. The highest BCUT2D eigenvalue weighted by molar-refractivity contribution is 5.89. The van der Waals surface area contributed by atoms with Gasteiger partial charge in [-0.25, -0.2) is 4.79 Å². The first-order valence-corrected chi connectivity index (χ1v) is 4.94. The number of aromatic nitrogens is 2. The van der Waals surface area contributed by atoms with Gasteiger partial charge in [0.1, 0.15) is 5.69 Å². The summed E-state index contributed by atoms with van der Waals surface area (Å²) >= 11 is 0. The Balaban J connectivity index is 2.49. The summed E-state index contributed by atoms with van der Waals surface area (Å²) in [5, 5.41) is 4.39. The Labute approximate surface area is 82.9 Å². The van der Waals surface area contributed by atoms with Crippen LogP contribution in [-0.2, 0) is 24.1 Å². The first-order valence-electron chi connectivity index (χ1n) is 4.94. The van der Waals surface area contributed by atoms with Crippen molar-refractivity contribution in [1.82, 2.24) is 9.78 Å². The first kappa shape index (κ1) is 9.24. The van der Waals surface area contributed by atoms with E-state index in [9.17, 15) is 4.79 Å². The van der Waals surface area contributed by atoms with Gasteiger partial charge >= 0.3 is 5.97 Å². The predicted octanol–water partition coefficient (Wildman–Crippen LogP) is 1.18. The molecule has 1 aromatic rings. The number of aryl methyl sites for hydroxylation is 2. The molecule has 0 bridgehead atoms. The third-order valence-corrected chi connectivity index (χ3v) is 2.65. The summed E-state index contributed by atoms with van der Waals surface area (Å²) in [5.41, 5.74) is 2.83. The number of fused-ring (bicyclic) bond motifs is 1. The maximum atomic E-state index is 11.5. The van der Waals surface area contributed by atoms with Crippen molar-refractivity contribution in [3.05, 3.63) is 17.0 Å². The molecule has 2 rings (SSSR count). The molecule has 14 heavy (non-hydrogen) atoms. The second kappa shape index (κ2) is 3.44. The van der Waals surface area contributed by atoms with Crippen LogP contribution in [0.15, 0.2) is 0 Å². The predicted molar refractivity (Wildman–Crippen MR) is 51.3 cm³/mol. The SMILES string of the molecule is CCn1nc2c(c1C(=O)OC)CCC2. The van der Waals surface area contributed by atoms with Crippen molar-refractivity contribution in [2.75, 3.05) is 7.11 Å². The molecule has 0 radical (unpaired) electrons. The third kappa shape index (κ3) is 1.22. The zero-order chi connectivity index (χ0) is 10.1. The molecule has 1 aliphatic rings. The second-order valence-electron chi connectivity index (χ2n) is 3.43. The van der Waals surface area contributed by atoms with E-state index in [1.165, 1.54) is 7.11 Å². The first-order chi connectivity index (χ1) is 6.77. The average Bonchev–Trinajstić information content (AvgIpc) is 2.74. The van der Waals surface area contributed by atoms with Crippen molar-refractivity contribution in [1.29, 1.82) is 0 Å². The van der Waals surface area contributed by atoms with Crippen molar-refractivity contribution in [2.24, 2.45) is 0 Å². The van der Waals surface area contributed by atoms with E-state index in [1.54, 1.807) is 4.68 Å². The summed E-state index contributed by atoms with van der Waals surface area (Å²) in [4.78, 5) is 11.5. The summed E-state index contributed by atoms with van der Waals surface area (Å²) in [6.45, 7) is 2.70. The molecule has 0 atom stereocenters. The monoisotopic (exact) mass is 194 g/mol. The van der Waals surface area contributed by atoms with Gasteiger partial charge in [-0.15, -0.1) is 0 Å². The minimum Gasteiger partial charge on any atom is -0.464 e. The standard InChI is InChI=1S/C10H14N2O2/c1-3-12-9(10(13)14-2)7-5-4-6-8(7)11-12/h3-6H2,1-2H3. The van der Waals surface area contributed by atoms with Gasteiger partial charge in [0.2, 0.25) is 0 Å². The van der Waals surface area contributed by atoms with Gasteiger partial charge in [0.15, 0.2) is 0 Å². The van der Waals surface area contributed by atoms with Crippen LogP contribution < -0.4 is 0 Å². The number of carbonyl (C=O) groups excluding carboxylic acids is 1. The molecule has 76 valence electrons. The number of hydrogen-bond acceptors (Lipinski definition) is 3. The van der Waals surface area contributed by atoms with Crippen molar-refractivity contribution in [2.45, 2.75) is 32.7 Å². The molecule has 0 N–H and O–H groups in total. The largest absolute Gasteiger partial charge is 0.464 e. The molecule has 1 aromatic heterocycles. The number of nitrogens with zero attached hydrogens (tertiary/aromatic N) is 2. The van der Waals surface area contributed by atoms with E-state index in [1.807, 2.05) is 6.92 Å². The number of rotatable bonds is 2. The van der Waals surface area contributed by atoms with Gasteiger partial charge in [-0.3, -0.25) is 4.68 Å². The highest BCUT2D eigenvalue weighted by atomic mass is 16.5. The Bertz CT molecular complexity index is 368. The molecule has 0 saturated carbocycles. The van der Waals surface area contributed by atoms with E-state index in [0.717, 1.165) is 37.1 Å². The average molecular weight is 194 g/mol. The minimum atomic E-state index is -0.262. The topological polar surface area (TPSA) is 44.1 Å². The zero-order valence-electron chi connectivity index (χ0n) is 8.54. The van der Waals surface area contributed by atoms with Crippen LogP contribution in [0.3, 0.4) is 0 Å². The lowest BCUT2D eigenvalue weighted by molar-refractivity contribution is 0.0585. The number of ether oxygens (including phenoxy) is 1. The van der Waals surface area contributed by atoms with Gasteiger partial charge in [-0.1, -0.05) is 0 Å². The Hall–Kier alpha value is -1.32. The summed E-state index contributed by atoms with van der Waals surface area (Å²) in [6.07, 6.45) is 3.05. The van der Waals surface area contributed by atoms with E-state index in [0.29, 0.717) is 5.69 Å². The van der Waals surface area contributed by atoms with Crippen molar-refractivity contribution in [3.63, 3.8) is 0 Å². The van der Waals surface area contributed by atoms with Gasteiger partial charge in [-0.2, -0.15) is 5.10 Å². The van der Waals surface area contributed by atoms with E-state index in [4.69, 9.17) is 4.74 Å². The van der Waals surface area contributed by atoms with Gasteiger partial charge in [-0.05, 0) is 26.2 Å². The van der Waals surface area contributed by atoms with Crippen LogP contribution in [0.5, 0.6) is 0 Å². The number of carbonyl (C=O) groups is 1. The van der Waals surface area contributed by atoms with Crippen LogP contribution in [0, 0.1) is 0 Å². The molecule has 0 fully saturated rings. The minimum absolute atomic E-state index is 0.262.